The van der Waals surface area contributed by atoms with Gasteiger partial charge in [0.1, 0.15) is 0 Å². The van der Waals surface area contributed by atoms with Gasteiger partial charge in [-0.1, -0.05) is 28.2 Å². The first-order chi connectivity index (χ1) is 4.30. The van der Waals surface area contributed by atoms with Gasteiger partial charge in [0, 0.05) is 0 Å². The van der Waals surface area contributed by atoms with Crippen molar-refractivity contribution in [3.05, 3.63) is 0 Å². The number of ether oxygens (including phenoxy) is 1. The number of rotatable bonds is 0. The predicted octanol–water partition coefficient (Wildman–Crippen LogP) is 2.23. The normalized spacial score (nSPS) is 21.9. The van der Waals surface area contributed by atoms with Crippen molar-refractivity contribution in [1.29, 1.82) is 0 Å². The second-order valence-electron chi connectivity index (χ2n) is 1.86. The Hall–Kier alpha value is -0.530. The summed E-state index contributed by atoms with van der Waals surface area (Å²) < 4.78 is 4.63. The average Bonchev–Trinajstić information content (AvgIpc) is 2.23. The van der Waals surface area contributed by atoms with Crippen LogP contribution in [0.4, 0.5) is 0 Å². The summed E-state index contributed by atoms with van der Waals surface area (Å²) in [6.45, 7) is 6.51. The van der Waals surface area contributed by atoms with Crippen LogP contribution in [0.25, 0.3) is 0 Å². The van der Waals surface area contributed by atoms with Crippen LogP contribution in [-0.4, -0.2) is 12.6 Å². The fourth-order valence-corrected chi connectivity index (χ4v) is 0.596. The van der Waals surface area contributed by atoms with Crippen LogP contribution in [0, 0.1) is 5.92 Å². The van der Waals surface area contributed by atoms with Crippen molar-refractivity contribution in [2.24, 2.45) is 5.92 Å². The molecule has 0 aromatic rings. The molecule has 1 rings (SSSR count). The van der Waals surface area contributed by atoms with E-state index < -0.39 is 0 Å². The van der Waals surface area contributed by atoms with Gasteiger partial charge in [-0.15, -0.1) is 0 Å². The molecule has 0 aromatic carbocycles. The molecule has 62 valence electrons. The van der Waals surface area contributed by atoms with Crippen LogP contribution in [0.15, 0.2) is 0 Å². The van der Waals surface area contributed by atoms with Gasteiger partial charge in [0.2, 0.25) is 0 Å². The molecule has 10 heavy (non-hydrogen) atoms. The average molecular weight is 146 g/mol. The van der Waals surface area contributed by atoms with Gasteiger partial charge in [0.25, 0.3) is 0 Å². The Morgan fingerprint density at radius 3 is 2.10 bits per heavy atom. The Balaban J connectivity index is 0. The molecule has 1 unspecified atom stereocenters. The molecule has 2 nitrogen and oxygen atoms in total. The maximum Gasteiger partial charge on any atom is 0.308 e. The Morgan fingerprint density at radius 2 is 2.00 bits per heavy atom. The van der Waals surface area contributed by atoms with Crippen molar-refractivity contribution >= 4 is 5.97 Å². The zero-order valence-corrected chi connectivity index (χ0v) is 6.31. The molecule has 0 aliphatic carbocycles. The summed E-state index contributed by atoms with van der Waals surface area (Å²) in [5.41, 5.74) is 0. The Bertz CT molecular complexity index is 89.3. The lowest BCUT2D eigenvalue weighted by molar-refractivity contribution is -0.140. The molecule has 1 fully saturated rings. The van der Waals surface area contributed by atoms with E-state index in [1.54, 1.807) is 0 Å². The zero-order chi connectivity index (χ0) is 7.28. The summed E-state index contributed by atoms with van der Waals surface area (Å²) >= 11 is 0. The second kappa shape index (κ2) is 6.59. The monoisotopic (exact) mass is 146 g/mol. The number of carbonyl (C=O) groups excluding carboxylic acids is 1. The highest BCUT2D eigenvalue weighted by molar-refractivity contribution is 5.73. The number of hydrogen-bond acceptors (Lipinski definition) is 2. The first-order valence-electron chi connectivity index (χ1n) is 3.47. The molecule has 1 aliphatic rings. The molecule has 2 heteroatoms. The fourth-order valence-electron chi connectivity index (χ4n) is 0.596. The van der Waals surface area contributed by atoms with Crippen molar-refractivity contribution in [2.45, 2.75) is 34.6 Å². The second-order valence-corrected chi connectivity index (χ2v) is 1.86. The molecule has 1 saturated heterocycles. The molecular formula is C8H18O2. The van der Waals surface area contributed by atoms with Crippen LogP contribution in [-0.2, 0) is 9.53 Å². The van der Waals surface area contributed by atoms with Gasteiger partial charge < -0.3 is 4.74 Å². The summed E-state index contributed by atoms with van der Waals surface area (Å²) in [5, 5.41) is 0. The molecule has 0 spiro atoms. The molecule has 1 atom stereocenters. The Labute approximate surface area is 63.6 Å². The van der Waals surface area contributed by atoms with E-state index in [0.29, 0.717) is 6.61 Å². The molecule has 1 heterocycles. The van der Waals surface area contributed by atoms with Crippen molar-refractivity contribution in [2.75, 3.05) is 6.61 Å². The number of carbonyl (C=O) groups is 1. The highest BCUT2D eigenvalue weighted by Gasteiger charge is 2.20. The SMILES string of the molecule is C.CC.CC1CCOC1=O. The van der Waals surface area contributed by atoms with Crippen LogP contribution in [0.2, 0.25) is 0 Å². The van der Waals surface area contributed by atoms with Crippen LogP contribution in [0.5, 0.6) is 0 Å². The third-order valence-corrected chi connectivity index (χ3v) is 1.20. The van der Waals surface area contributed by atoms with E-state index in [0.717, 1.165) is 6.42 Å². The van der Waals surface area contributed by atoms with Crippen LogP contribution in [0.3, 0.4) is 0 Å². The van der Waals surface area contributed by atoms with E-state index in [1.807, 2.05) is 20.8 Å². The minimum Gasteiger partial charge on any atom is -0.465 e. The zero-order valence-electron chi connectivity index (χ0n) is 6.31. The Kier molecular flexibility index (Phi) is 8.02. The van der Waals surface area contributed by atoms with Crippen LogP contribution in [0.1, 0.15) is 34.6 Å². The number of hydrogen-bond donors (Lipinski definition) is 0. The van der Waals surface area contributed by atoms with Crippen molar-refractivity contribution in [3.8, 4) is 0 Å². The van der Waals surface area contributed by atoms with E-state index in [2.05, 4.69) is 4.74 Å². The first kappa shape index (κ1) is 12.2. The Morgan fingerprint density at radius 1 is 1.50 bits per heavy atom. The standard InChI is InChI=1S/C5H8O2.C2H6.CH4/c1-4-2-3-7-5(4)6;1-2;/h4H,2-3H2,1H3;1-2H3;1H4. The molecule has 0 aromatic heterocycles. The van der Waals surface area contributed by atoms with E-state index in [1.165, 1.54) is 0 Å². The van der Waals surface area contributed by atoms with Crippen LogP contribution >= 0.6 is 0 Å². The van der Waals surface area contributed by atoms with Gasteiger partial charge in [-0.3, -0.25) is 4.79 Å². The summed E-state index contributed by atoms with van der Waals surface area (Å²) in [5.74, 6) is 0.111. The third-order valence-electron chi connectivity index (χ3n) is 1.20. The summed E-state index contributed by atoms with van der Waals surface area (Å²) in [4.78, 5) is 10.4. The molecule has 0 bridgehead atoms. The van der Waals surface area contributed by atoms with Crippen LogP contribution < -0.4 is 0 Å². The maximum atomic E-state index is 10.4. The summed E-state index contributed by atoms with van der Waals surface area (Å²) in [6, 6.07) is 0. The van der Waals surface area contributed by atoms with Crippen molar-refractivity contribution in [1.82, 2.24) is 0 Å². The van der Waals surface area contributed by atoms with E-state index in [9.17, 15) is 4.79 Å². The first-order valence-corrected chi connectivity index (χ1v) is 3.47. The summed E-state index contributed by atoms with van der Waals surface area (Å²) in [7, 11) is 0. The molecule has 0 amide bonds. The van der Waals surface area contributed by atoms with Gasteiger partial charge >= 0.3 is 5.97 Å². The molecule has 1 aliphatic heterocycles. The molecule has 0 saturated carbocycles. The lowest BCUT2D eigenvalue weighted by Crippen LogP contribution is -2.00. The molecular weight excluding hydrogens is 128 g/mol. The quantitative estimate of drug-likeness (QED) is 0.490. The van der Waals surface area contributed by atoms with Gasteiger partial charge in [-0.05, 0) is 6.42 Å². The minimum atomic E-state index is -0.0417. The molecule has 0 N–H and O–H groups in total. The fraction of sp³-hybridized carbons (Fsp3) is 0.875. The lowest BCUT2D eigenvalue weighted by Gasteiger charge is -1.88. The van der Waals surface area contributed by atoms with E-state index in [4.69, 9.17) is 0 Å². The lowest BCUT2D eigenvalue weighted by atomic mass is 10.2. The van der Waals surface area contributed by atoms with Gasteiger partial charge in [-0.2, -0.15) is 0 Å². The third kappa shape index (κ3) is 3.49. The van der Waals surface area contributed by atoms with Crippen molar-refractivity contribution in [3.63, 3.8) is 0 Å². The smallest absolute Gasteiger partial charge is 0.308 e. The van der Waals surface area contributed by atoms with Gasteiger partial charge in [0.05, 0.1) is 12.5 Å². The van der Waals surface area contributed by atoms with E-state index in [-0.39, 0.29) is 19.3 Å². The van der Waals surface area contributed by atoms with Gasteiger partial charge in [-0.25, -0.2) is 0 Å². The topological polar surface area (TPSA) is 26.3 Å². The highest BCUT2D eigenvalue weighted by atomic mass is 16.5. The largest absolute Gasteiger partial charge is 0.465 e. The van der Waals surface area contributed by atoms with Crippen molar-refractivity contribution < 1.29 is 9.53 Å². The van der Waals surface area contributed by atoms with E-state index >= 15 is 0 Å². The molecule has 0 radical (unpaired) electrons. The van der Waals surface area contributed by atoms with Gasteiger partial charge in [0.15, 0.2) is 0 Å². The predicted molar refractivity (Wildman–Crippen MR) is 42.8 cm³/mol. The number of esters is 1. The minimum absolute atomic E-state index is 0. The highest BCUT2D eigenvalue weighted by Crippen LogP contribution is 2.11. The summed E-state index contributed by atoms with van der Waals surface area (Å²) in [6.07, 6.45) is 0.902. The number of cyclic esters (lactones) is 1. The maximum absolute atomic E-state index is 10.4.